The Hall–Kier alpha value is -5.33. The number of amides is 3. The molecular weight excluding hydrogens is 634 g/mol. The fourth-order valence-corrected chi connectivity index (χ4v) is 5.56. The lowest BCUT2D eigenvalue weighted by atomic mass is 10.3. The third kappa shape index (κ3) is 12.0. The second kappa shape index (κ2) is 19.0. The minimum Gasteiger partial charge on any atom is -0.492 e. The fraction of sp³-hybridized carbons (Fsp3) is 0.342. The predicted octanol–water partition coefficient (Wildman–Crippen LogP) is 6.10. The number of pyridine rings is 1. The van der Waals surface area contributed by atoms with Crippen LogP contribution >= 0.6 is 0 Å². The second-order valence-corrected chi connectivity index (χ2v) is 12.0. The first-order valence-electron chi connectivity index (χ1n) is 17.1. The number of nitrogens with one attached hydrogen (secondary N) is 3. The smallest absolute Gasteiger partial charge is 0.323 e. The molecule has 5 N–H and O–H groups in total. The number of nitrogens with two attached hydrogens (primary N) is 1. The Kier molecular flexibility index (Phi) is 13.7. The average Bonchev–Trinajstić information content (AvgIpc) is 3.86. The molecule has 3 heterocycles. The van der Waals surface area contributed by atoms with Crippen molar-refractivity contribution < 1.29 is 23.8 Å². The first-order chi connectivity index (χ1) is 24.4. The molecule has 264 valence electrons. The summed E-state index contributed by atoms with van der Waals surface area (Å²) in [6.07, 6.45) is 6.72. The van der Waals surface area contributed by atoms with Gasteiger partial charge in [0.15, 0.2) is 0 Å². The molecule has 0 spiro atoms. The summed E-state index contributed by atoms with van der Waals surface area (Å²) in [5, 5.41) is 8.12. The molecule has 50 heavy (non-hydrogen) atoms. The molecule has 0 saturated carbocycles. The molecule has 6 rings (SSSR count). The topological polar surface area (TPSA) is 143 Å². The van der Waals surface area contributed by atoms with Crippen molar-refractivity contribution in [2.24, 2.45) is 0 Å². The highest BCUT2D eigenvalue weighted by Gasteiger charge is 2.12. The van der Waals surface area contributed by atoms with Crippen molar-refractivity contribution in [1.82, 2.24) is 20.1 Å². The van der Waals surface area contributed by atoms with Gasteiger partial charge >= 0.3 is 6.03 Å². The average molecular weight is 682 g/mol. The van der Waals surface area contributed by atoms with Gasteiger partial charge in [-0.3, -0.25) is 19.6 Å². The number of hydrogen-bond donors (Lipinski definition) is 4. The third-order valence-corrected chi connectivity index (χ3v) is 8.28. The lowest BCUT2D eigenvalue weighted by molar-refractivity contribution is 0.0957. The van der Waals surface area contributed by atoms with Gasteiger partial charge in [-0.15, -0.1) is 0 Å². The molecule has 3 aromatic carbocycles. The molecule has 0 aliphatic carbocycles. The zero-order valence-corrected chi connectivity index (χ0v) is 28.6. The Bertz CT molecular complexity index is 1620. The number of carbonyl (C=O) groups excluding carboxylic acids is 2. The number of hydrogen-bond acceptors (Lipinski definition) is 9. The van der Waals surface area contributed by atoms with Gasteiger partial charge in [0.25, 0.3) is 5.91 Å². The van der Waals surface area contributed by atoms with Crippen LogP contribution in [-0.4, -0.2) is 86.3 Å². The lowest BCUT2D eigenvalue weighted by Gasteiger charge is -2.15. The maximum atomic E-state index is 12.4. The Morgan fingerprint density at radius 1 is 0.680 bits per heavy atom. The third-order valence-electron chi connectivity index (χ3n) is 8.28. The van der Waals surface area contributed by atoms with Crippen LogP contribution in [0.3, 0.4) is 0 Å². The molecule has 4 aromatic rings. The number of nitrogens with zero attached hydrogens (tertiary/aromatic N) is 3. The standard InChI is InChI=1S/C26H29N5O4.C12H18N2O/c1-27-25(32)24-18-23(12-13-28-24)35-22-10-6-20(7-11-22)30-26(33)29-19-4-8-21(9-5-19)34-17-16-31-14-2-3-15-31;13-11-3-5-12(6-4-11)15-10-9-14-7-1-2-8-14/h4-13,18H,2-3,14-17H2,1H3,(H,27,32)(H2,29,30,33);3-6H,1-2,7-10,13H2. The van der Waals surface area contributed by atoms with Crippen molar-refractivity contribution in [3.63, 3.8) is 0 Å². The monoisotopic (exact) mass is 681 g/mol. The van der Waals surface area contributed by atoms with Crippen molar-refractivity contribution >= 4 is 29.0 Å². The molecule has 2 aliphatic heterocycles. The van der Waals surface area contributed by atoms with Gasteiger partial charge in [-0.1, -0.05) is 0 Å². The molecule has 0 atom stereocenters. The van der Waals surface area contributed by atoms with Crippen LogP contribution in [0.15, 0.2) is 91.1 Å². The highest BCUT2D eigenvalue weighted by Crippen LogP contribution is 2.24. The molecule has 0 radical (unpaired) electrons. The number of aromatic nitrogens is 1. The number of ether oxygens (including phenoxy) is 3. The zero-order chi connectivity index (χ0) is 35.0. The second-order valence-electron chi connectivity index (χ2n) is 12.0. The summed E-state index contributed by atoms with van der Waals surface area (Å²) >= 11 is 0. The summed E-state index contributed by atoms with van der Waals surface area (Å²) < 4.78 is 17.2. The number of likely N-dealkylation sites (tertiary alicyclic amines) is 2. The minimum absolute atomic E-state index is 0.265. The van der Waals surface area contributed by atoms with E-state index in [0.717, 1.165) is 50.0 Å². The molecule has 12 nitrogen and oxygen atoms in total. The molecule has 12 heteroatoms. The van der Waals surface area contributed by atoms with Gasteiger partial charge in [0.05, 0.1) is 0 Å². The van der Waals surface area contributed by atoms with Crippen LogP contribution in [0.2, 0.25) is 0 Å². The van der Waals surface area contributed by atoms with Crippen LogP contribution in [0.25, 0.3) is 0 Å². The summed E-state index contributed by atoms with van der Waals surface area (Å²) in [5.74, 6) is 2.44. The highest BCUT2D eigenvalue weighted by atomic mass is 16.5. The van der Waals surface area contributed by atoms with E-state index in [2.05, 4.69) is 30.7 Å². The van der Waals surface area contributed by atoms with Gasteiger partial charge in [-0.25, -0.2) is 4.79 Å². The molecule has 3 amide bonds. The molecule has 1 aromatic heterocycles. The number of nitrogen functional groups attached to an aromatic ring is 1. The van der Waals surface area contributed by atoms with Gasteiger partial charge in [0, 0.05) is 49.5 Å². The molecule has 0 bridgehead atoms. The van der Waals surface area contributed by atoms with E-state index in [1.807, 2.05) is 48.5 Å². The lowest BCUT2D eigenvalue weighted by Crippen LogP contribution is -2.25. The summed E-state index contributed by atoms with van der Waals surface area (Å²) in [5.41, 5.74) is 7.91. The number of anilines is 3. The van der Waals surface area contributed by atoms with Crippen LogP contribution in [0, 0.1) is 0 Å². The van der Waals surface area contributed by atoms with E-state index in [0.29, 0.717) is 29.5 Å². The maximum Gasteiger partial charge on any atom is 0.323 e. The number of rotatable bonds is 13. The number of benzene rings is 3. The van der Waals surface area contributed by atoms with Crippen LogP contribution in [0.1, 0.15) is 36.2 Å². The Balaban J connectivity index is 0.000000269. The summed E-state index contributed by atoms with van der Waals surface area (Å²) in [4.78, 5) is 32.9. The zero-order valence-electron chi connectivity index (χ0n) is 28.6. The van der Waals surface area contributed by atoms with Gasteiger partial charge in [-0.2, -0.15) is 0 Å². The van der Waals surface area contributed by atoms with E-state index >= 15 is 0 Å². The maximum absolute atomic E-state index is 12.4. The van der Waals surface area contributed by atoms with E-state index < -0.39 is 0 Å². The summed E-state index contributed by atoms with van der Waals surface area (Å²) in [7, 11) is 1.54. The normalized spacial score (nSPS) is 14.3. The van der Waals surface area contributed by atoms with Crippen molar-refractivity contribution in [2.45, 2.75) is 25.7 Å². The Morgan fingerprint density at radius 2 is 1.16 bits per heavy atom. The Labute approximate surface area is 293 Å². The SMILES string of the molecule is CNC(=O)c1cc(Oc2ccc(NC(=O)Nc3ccc(OCCN4CCCC4)cc3)cc2)ccn1.Nc1ccc(OCCN2CCCC2)cc1. The quantitative estimate of drug-likeness (QED) is 0.123. The van der Waals surface area contributed by atoms with Crippen molar-refractivity contribution in [3.8, 4) is 23.0 Å². The largest absolute Gasteiger partial charge is 0.492 e. The van der Waals surface area contributed by atoms with E-state index in [4.69, 9.17) is 19.9 Å². The van der Waals surface area contributed by atoms with Gasteiger partial charge in [0.1, 0.15) is 41.9 Å². The molecule has 2 aliphatic rings. The first kappa shape index (κ1) is 36.0. The summed E-state index contributed by atoms with van der Waals surface area (Å²) in [6.45, 7) is 8.16. The van der Waals surface area contributed by atoms with Crippen LogP contribution in [0.4, 0.5) is 21.9 Å². The summed E-state index contributed by atoms with van der Waals surface area (Å²) in [6, 6.07) is 24.7. The van der Waals surface area contributed by atoms with Crippen LogP contribution < -0.4 is 35.9 Å². The van der Waals surface area contributed by atoms with Gasteiger partial charge < -0.3 is 35.9 Å². The first-order valence-corrected chi connectivity index (χ1v) is 17.1. The van der Waals surface area contributed by atoms with Crippen molar-refractivity contribution in [3.05, 3.63) is 96.8 Å². The van der Waals surface area contributed by atoms with E-state index in [9.17, 15) is 9.59 Å². The van der Waals surface area contributed by atoms with E-state index in [-0.39, 0.29) is 17.6 Å². The van der Waals surface area contributed by atoms with Gasteiger partial charge in [0.2, 0.25) is 0 Å². The predicted molar refractivity (Wildman–Crippen MR) is 196 cm³/mol. The van der Waals surface area contributed by atoms with Crippen LogP contribution in [-0.2, 0) is 0 Å². The fourth-order valence-electron chi connectivity index (χ4n) is 5.56. The molecule has 2 fully saturated rings. The molecular formula is C38H47N7O5. The number of carbonyl (C=O) groups is 2. The van der Waals surface area contributed by atoms with Crippen molar-refractivity contribution in [1.29, 1.82) is 0 Å². The Morgan fingerprint density at radius 3 is 1.66 bits per heavy atom. The van der Waals surface area contributed by atoms with E-state index in [1.54, 1.807) is 43.4 Å². The van der Waals surface area contributed by atoms with Gasteiger partial charge in [-0.05, 0) is 131 Å². The van der Waals surface area contributed by atoms with Crippen molar-refractivity contribution in [2.75, 3.05) is 75.9 Å². The minimum atomic E-state index is -0.356. The van der Waals surface area contributed by atoms with E-state index in [1.165, 1.54) is 45.0 Å². The highest BCUT2D eigenvalue weighted by molar-refractivity contribution is 5.99. The van der Waals surface area contributed by atoms with Crippen LogP contribution in [0.5, 0.6) is 23.0 Å². The molecule has 0 unspecified atom stereocenters. The number of urea groups is 1. The molecule has 2 saturated heterocycles.